The summed E-state index contributed by atoms with van der Waals surface area (Å²) >= 11 is 0. The molecule has 0 aliphatic carbocycles. The maximum Gasteiger partial charge on any atom is 1.00 e. The second-order valence-corrected chi connectivity index (χ2v) is 3.62. The van der Waals surface area contributed by atoms with Crippen molar-refractivity contribution in [3.05, 3.63) is 35.4 Å². The predicted molar refractivity (Wildman–Crippen MR) is 51.3 cm³/mol. The van der Waals surface area contributed by atoms with E-state index in [9.17, 15) is 0 Å². The van der Waals surface area contributed by atoms with Crippen LogP contribution in [0.1, 0.15) is 12.6 Å². The van der Waals surface area contributed by atoms with E-state index in [1.54, 1.807) is 0 Å². The van der Waals surface area contributed by atoms with Crippen molar-refractivity contribution in [1.29, 1.82) is 0 Å². The molecule has 0 unspecified atom stereocenters. The summed E-state index contributed by atoms with van der Waals surface area (Å²) in [5.74, 6) is 0. The SMILES string of the molecule is Cc1ccccc1C.O=P(O)(O)O.[H-].[Na+]. The average Bonchev–Trinajstić information content (AvgIpc) is 1.92. The first-order valence-corrected chi connectivity index (χ1v) is 5.18. The largest absolute Gasteiger partial charge is 1.00 e. The van der Waals surface area contributed by atoms with Crippen LogP contribution < -0.4 is 29.6 Å². The van der Waals surface area contributed by atoms with Gasteiger partial charge < -0.3 is 16.1 Å². The summed E-state index contributed by atoms with van der Waals surface area (Å²) in [4.78, 5) is 21.6. The zero-order chi connectivity index (χ0) is 10.5. The van der Waals surface area contributed by atoms with E-state index in [-0.39, 0.29) is 31.0 Å². The van der Waals surface area contributed by atoms with Crippen LogP contribution in [0.25, 0.3) is 0 Å². The van der Waals surface area contributed by atoms with Gasteiger partial charge in [0.1, 0.15) is 0 Å². The molecule has 14 heavy (non-hydrogen) atoms. The summed E-state index contributed by atoms with van der Waals surface area (Å²) in [6, 6.07) is 8.36. The molecule has 4 nitrogen and oxygen atoms in total. The fourth-order valence-electron chi connectivity index (χ4n) is 0.663. The molecule has 6 heteroatoms. The van der Waals surface area contributed by atoms with Gasteiger partial charge in [-0.25, -0.2) is 4.57 Å². The van der Waals surface area contributed by atoms with Crippen LogP contribution in [-0.2, 0) is 4.57 Å². The van der Waals surface area contributed by atoms with Crippen molar-refractivity contribution in [2.75, 3.05) is 0 Å². The minimum atomic E-state index is -4.64. The van der Waals surface area contributed by atoms with Crippen molar-refractivity contribution < 1.29 is 50.2 Å². The van der Waals surface area contributed by atoms with Gasteiger partial charge >= 0.3 is 37.4 Å². The Hall–Kier alpha value is 0.330. The first kappa shape index (κ1) is 16.7. The third kappa shape index (κ3) is 12.3. The zero-order valence-corrected chi connectivity index (χ0v) is 11.4. The summed E-state index contributed by atoms with van der Waals surface area (Å²) in [7, 11) is -4.64. The van der Waals surface area contributed by atoms with Gasteiger partial charge in [-0.15, -0.1) is 0 Å². The first-order chi connectivity index (χ1) is 5.80. The van der Waals surface area contributed by atoms with Crippen LogP contribution in [0.4, 0.5) is 0 Å². The summed E-state index contributed by atoms with van der Waals surface area (Å²) in [6.45, 7) is 4.24. The van der Waals surface area contributed by atoms with Gasteiger partial charge in [-0.05, 0) is 25.0 Å². The Labute approximate surface area is 107 Å². The number of hydrogen-bond donors (Lipinski definition) is 3. The van der Waals surface area contributed by atoms with Gasteiger partial charge in [0.15, 0.2) is 0 Å². The molecule has 76 valence electrons. The number of hydrogen-bond acceptors (Lipinski definition) is 1. The molecule has 0 saturated heterocycles. The van der Waals surface area contributed by atoms with Crippen LogP contribution in [0, 0.1) is 13.8 Å². The van der Waals surface area contributed by atoms with Gasteiger partial charge in [0.25, 0.3) is 0 Å². The number of phosphoric acid groups is 1. The molecule has 0 radical (unpaired) electrons. The van der Waals surface area contributed by atoms with Gasteiger partial charge in [0.05, 0.1) is 0 Å². The Morgan fingerprint density at radius 1 is 1.07 bits per heavy atom. The fraction of sp³-hybridized carbons (Fsp3) is 0.250. The second kappa shape index (κ2) is 7.60. The maximum absolute atomic E-state index is 8.88. The third-order valence-electron chi connectivity index (χ3n) is 1.43. The Morgan fingerprint density at radius 2 is 1.29 bits per heavy atom. The van der Waals surface area contributed by atoms with Crippen LogP contribution >= 0.6 is 7.82 Å². The van der Waals surface area contributed by atoms with Crippen LogP contribution in [-0.4, -0.2) is 14.7 Å². The third-order valence-corrected chi connectivity index (χ3v) is 1.43. The monoisotopic (exact) mass is 228 g/mol. The Morgan fingerprint density at radius 3 is 1.43 bits per heavy atom. The normalized spacial score (nSPS) is 9.50. The zero-order valence-electron chi connectivity index (χ0n) is 9.51. The molecule has 0 aromatic heterocycles. The smallest absolute Gasteiger partial charge is 1.00 e. The number of aryl methyl sites for hydroxylation is 2. The standard InChI is InChI=1S/C8H10.Na.H3O4P.H/c1-7-5-3-4-6-8(7)2;;1-5(2,3)4;/h3-6H,1-2H3;;(H3,1,2,3,4);/q;+1;;-1. The van der Waals surface area contributed by atoms with E-state index >= 15 is 0 Å². The van der Waals surface area contributed by atoms with Gasteiger partial charge in [0.2, 0.25) is 0 Å². The van der Waals surface area contributed by atoms with Gasteiger partial charge in [-0.2, -0.15) is 0 Å². The average molecular weight is 228 g/mol. The van der Waals surface area contributed by atoms with E-state index in [2.05, 4.69) is 38.1 Å². The van der Waals surface area contributed by atoms with Crippen molar-refractivity contribution in [2.24, 2.45) is 0 Å². The van der Waals surface area contributed by atoms with Gasteiger partial charge in [-0.3, -0.25) is 0 Å². The molecule has 0 saturated carbocycles. The van der Waals surface area contributed by atoms with Crippen molar-refractivity contribution in [3.8, 4) is 0 Å². The molecule has 1 aromatic rings. The van der Waals surface area contributed by atoms with Gasteiger partial charge in [0, 0.05) is 0 Å². The van der Waals surface area contributed by atoms with Gasteiger partial charge in [-0.1, -0.05) is 24.3 Å². The van der Waals surface area contributed by atoms with Crippen LogP contribution in [0.3, 0.4) is 0 Å². The molecule has 0 aliphatic rings. The number of rotatable bonds is 0. The van der Waals surface area contributed by atoms with Crippen LogP contribution in [0.5, 0.6) is 0 Å². The van der Waals surface area contributed by atoms with Crippen LogP contribution in [0.2, 0.25) is 0 Å². The summed E-state index contributed by atoms with van der Waals surface area (Å²) in [6.07, 6.45) is 0. The van der Waals surface area contributed by atoms with E-state index in [1.165, 1.54) is 11.1 Å². The van der Waals surface area contributed by atoms with E-state index in [0.717, 1.165) is 0 Å². The second-order valence-electron chi connectivity index (χ2n) is 2.60. The summed E-state index contributed by atoms with van der Waals surface area (Å²) in [5.41, 5.74) is 2.74. The predicted octanol–water partition coefficient (Wildman–Crippen LogP) is -1.51. The quantitative estimate of drug-likeness (QED) is 0.373. The van der Waals surface area contributed by atoms with Crippen molar-refractivity contribution in [2.45, 2.75) is 13.8 Å². The van der Waals surface area contributed by atoms with E-state index < -0.39 is 7.82 Å². The Kier molecular flexibility index (Phi) is 9.09. The summed E-state index contributed by atoms with van der Waals surface area (Å²) < 4.78 is 8.88. The van der Waals surface area contributed by atoms with E-state index in [4.69, 9.17) is 19.2 Å². The molecule has 0 fully saturated rings. The molecule has 0 amide bonds. The van der Waals surface area contributed by atoms with Crippen molar-refractivity contribution >= 4 is 7.82 Å². The molecule has 0 bridgehead atoms. The Bertz CT molecular complexity index is 286. The maximum atomic E-state index is 8.88. The van der Waals surface area contributed by atoms with Crippen molar-refractivity contribution in [1.82, 2.24) is 0 Å². The van der Waals surface area contributed by atoms with E-state index in [1.807, 2.05) is 0 Å². The molecule has 3 N–H and O–H groups in total. The molecule has 0 spiro atoms. The molecule has 0 atom stereocenters. The molecule has 1 aromatic carbocycles. The molecular weight excluding hydrogens is 214 g/mol. The number of benzene rings is 1. The first-order valence-electron chi connectivity index (χ1n) is 3.61. The minimum Gasteiger partial charge on any atom is -1.00 e. The molecule has 0 heterocycles. The fourth-order valence-corrected chi connectivity index (χ4v) is 0.663. The minimum absolute atomic E-state index is 0. The summed E-state index contributed by atoms with van der Waals surface area (Å²) in [5, 5.41) is 0. The molecule has 0 aliphatic heterocycles. The van der Waals surface area contributed by atoms with E-state index in [0.29, 0.717) is 0 Å². The van der Waals surface area contributed by atoms with Crippen LogP contribution in [0.15, 0.2) is 24.3 Å². The Balaban J connectivity index is -0.000000185. The molecule has 1 rings (SSSR count). The van der Waals surface area contributed by atoms with Crippen molar-refractivity contribution in [3.63, 3.8) is 0 Å². The molecular formula is C8H14NaO4P. The topological polar surface area (TPSA) is 77.8 Å².